The molecule has 0 bridgehead atoms. The Hall–Kier alpha value is -0.440. The van der Waals surface area contributed by atoms with E-state index in [0.29, 0.717) is 0 Å². The SMILES string of the molecule is CCOC(=O)[O-].[ClH2+]. The second-order valence-corrected chi connectivity index (χ2v) is 0.683. The Balaban J connectivity index is 0. The van der Waals surface area contributed by atoms with Gasteiger partial charge in [0.1, 0.15) is 0 Å². The number of ether oxygens (including phenoxy) is 1. The van der Waals surface area contributed by atoms with Gasteiger partial charge in [-0.3, -0.25) is 0 Å². The lowest BCUT2D eigenvalue weighted by Crippen LogP contribution is -2.23. The lowest BCUT2D eigenvalue weighted by Gasteiger charge is -1.99. The lowest BCUT2D eigenvalue weighted by atomic mass is 10.9. The number of rotatable bonds is 1. The molecule has 0 amide bonds. The first kappa shape index (κ1) is 9.75. The fraction of sp³-hybridized carbons (Fsp3) is 0.667. The molecule has 0 spiro atoms. The fourth-order valence-corrected chi connectivity index (χ4v) is 0.118. The molecule has 0 atom stereocenters. The molecule has 0 heterocycles. The van der Waals surface area contributed by atoms with Gasteiger partial charge in [-0.2, -0.15) is 0 Å². The van der Waals surface area contributed by atoms with Gasteiger partial charge in [-0.25, -0.2) is 0 Å². The number of carbonyl (C=O) groups is 1. The molecule has 0 aromatic heterocycles. The van der Waals surface area contributed by atoms with E-state index in [1.165, 1.54) is 0 Å². The van der Waals surface area contributed by atoms with Crippen LogP contribution >= 0.6 is 0 Å². The standard InChI is InChI=1S/C3H6O3.ClH2/c1-2-6-3(4)5;/h2H2,1H3,(H,4,5);1H2/q;+1/p-1. The van der Waals surface area contributed by atoms with Crippen molar-refractivity contribution in [3.05, 3.63) is 0 Å². The van der Waals surface area contributed by atoms with Gasteiger partial charge in [0, 0.05) is 6.61 Å². The molecule has 0 rings (SSSR count). The summed E-state index contributed by atoms with van der Waals surface area (Å²) in [5, 5.41) is 9.27. The van der Waals surface area contributed by atoms with Gasteiger partial charge < -0.3 is 14.6 Å². The maximum atomic E-state index is 9.27. The molecule has 0 fully saturated rings. The average molecular weight is 127 g/mol. The van der Waals surface area contributed by atoms with Gasteiger partial charge in [0.2, 0.25) is 0 Å². The molecule has 0 N–H and O–H groups in total. The van der Waals surface area contributed by atoms with Gasteiger partial charge in [0.05, 0.1) is 12.4 Å². The quantitative estimate of drug-likeness (QED) is 0.416. The third kappa shape index (κ3) is 10.8. The highest BCUT2D eigenvalue weighted by molar-refractivity contribution is 5.53. The Morgan fingerprint density at radius 1 is 1.86 bits per heavy atom. The van der Waals surface area contributed by atoms with Gasteiger partial charge in [0.15, 0.2) is 0 Å². The van der Waals surface area contributed by atoms with E-state index in [0.717, 1.165) is 0 Å². The lowest BCUT2D eigenvalue weighted by molar-refractivity contribution is -0.282. The van der Waals surface area contributed by atoms with Crippen LogP contribution in [0.1, 0.15) is 6.92 Å². The van der Waals surface area contributed by atoms with Crippen molar-refractivity contribution >= 4 is 6.16 Å². The van der Waals surface area contributed by atoms with Crippen LogP contribution in [0.3, 0.4) is 0 Å². The maximum Gasteiger partial charge on any atom is 0.251 e. The summed E-state index contributed by atoms with van der Waals surface area (Å²) in [5.41, 5.74) is 0. The zero-order chi connectivity index (χ0) is 4.99. The number of hydrogen-bond acceptors (Lipinski definition) is 3. The van der Waals surface area contributed by atoms with E-state index in [-0.39, 0.29) is 19.0 Å². The Morgan fingerprint density at radius 2 is 2.29 bits per heavy atom. The van der Waals surface area contributed by atoms with Crippen LogP contribution in [-0.2, 0) is 4.74 Å². The highest BCUT2D eigenvalue weighted by Gasteiger charge is 1.70. The minimum absolute atomic E-state index is 0. The number of carboxylic acid groups (broad SMARTS) is 1. The summed E-state index contributed by atoms with van der Waals surface area (Å²) in [5.74, 6) is 0. The third-order valence-electron chi connectivity index (χ3n) is 0.262. The Labute approximate surface area is 47.7 Å². The molecule has 4 heteroatoms. The number of carbonyl (C=O) groups excluding carboxylic acids is 1. The molecular weight excluding hydrogens is 119 g/mol. The van der Waals surface area contributed by atoms with Gasteiger partial charge in [0.25, 0.3) is 6.16 Å². The summed E-state index contributed by atoms with van der Waals surface area (Å²) < 4.78 is 3.85. The van der Waals surface area contributed by atoms with Crippen molar-refractivity contribution in [2.24, 2.45) is 0 Å². The molecule has 0 aliphatic rings. The normalized spacial score (nSPS) is 6.43. The summed E-state index contributed by atoms with van der Waals surface area (Å²) in [7, 11) is 0. The summed E-state index contributed by atoms with van der Waals surface area (Å²) in [6.07, 6.45) is -1.46. The first-order valence-corrected chi connectivity index (χ1v) is 1.61. The van der Waals surface area contributed by atoms with E-state index in [4.69, 9.17) is 0 Å². The molecule has 0 aliphatic carbocycles. The minimum atomic E-state index is -1.46. The molecule has 0 aromatic rings. The highest BCUT2D eigenvalue weighted by Crippen LogP contribution is 1.65. The van der Waals surface area contributed by atoms with Gasteiger partial charge in [-0.05, 0) is 6.92 Å². The molecule has 0 aliphatic heterocycles. The topological polar surface area (TPSA) is 49.4 Å². The monoisotopic (exact) mass is 126 g/mol. The van der Waals surface area contributed by atoms with Crippen LogP contribution in [0.2, 0.25) is 0 Å². The summed E-state index contributed by atoms with van der Waals surface area (Å²) in [6, 6.07) is 0. The third-order valence-corrected chi connectivity index (χ3v) is 0.262. The molecule has 0 saturated carbocycles. The van der Waals surface area contributed by atoms with Gasteiger partial charge in [-0.1, -0.05) is 0 Å². The van der Waals surface area contributed by atoms with E-state index in [2.05, 4.69) is 4.74 Å². The zero-order valence-corrected chi connectivity index (χ0v) is 4.77. The molecule has 0 saturated heterocycles. The molecular formula is C3H7ClO3. The first-order chi connectivity index (χ1) is 2.77. The van der Waals surface area contributed by atoms with Gasteiger partial charge >= 0.3 is 0 Å². The average Bonchev–Trinajstić information content (AvgIpc) is 1.35. The van der Waals surface area contributed by atoms with Crippen molar-refractivity contribution in [1.82, 2.24) is 0 Å². The van der Waals surface area contributed by atoms with Crippen molar-refractivity contribution in [2.45, 2.75) is 6.92 Å². The molecule has 3 nitrogen and oxygen atoms in total. The zero-order valence-electron chi connectivity index (χ0n) is 3.88. The maximum absolute atomic E-state index is 9.27. The van der Waals surface area contributed by atoms with Gasteiger partial charge in [-0.15, -0.1) is 0 Å². The minimum Gasteiger partial charge on any atom is -0.550 e. The summed E-state index contributed by atoms with van der Waals surface area (Å²) in [4.78, 5) is 9.27. The number of halogens is 1. The van der Waals surface area contributed by atoms with E-state index >= 15 is 0 Å². The fourth-order valence-electron chi connectivity index (χ4n) is 0.118. The van der Waals surface area contributed by atoms with Crippen molar-refractivity contribution < 1.29 is 27.0 Å². The van der Waals surface area contributed by atoms with Crippen molar-refractivity contribution in [2.75, 3.05) is 6.61 Å². The largest absolute Gasteiger partial charge is 0.550 e. The van der Waals surface area contributed by atoms with Crippen LogP contribution in [0.4, 0.5) is 4.79 Å². The summed E-state index contributed by atoms with van der Waals surface area (Å²) >= 11 is 0. The van der Waals surface area contributed by atoms with E-state index < -0.39 is 6.16 Å². The van der Waals surface area contributed by atoms with Crippen LogP contribution < -0.4 is 5.11 Å². The predicted molar refractivity (Wildman–Crippen MR) is 19.8 cm³/mol. The van der Waals surface area contributed by atoms with Crippen LogP contribution in [0.25, 0.3) is 0 Å². The van der Waals surface area contributed by atoms with E-state index in [1.54, 1.807) is 6.92 Å². The Morgan fingerprint density at radius 3 is 2.29 bits per heavy atom. The van der Waals surface area contributed by atoms with Crippen LogP contribution in [0, 0.1) is 12.4 Å². The smallest absolute Gasteiger partial charge is 0.251 e. The molecule has 0 radical (unpaired) electrons. The van der Waals surface area contributed by atoms with Crippen LogP contribution in [0.5, 0.6) is 0 Å². The van der Waals surface area contributed by atoms with Crippen LogP contribution in [-0.4, -0.2) is 12.8 Å². The Bertz CT molecular complexity index is 54.1. The predicted octanol–water partition coefficient (Wildman–Crippen LogP) is -1.17. The Kier molecular flexibility index (Phi) is 7.75. The van der Waals surface area contributed by atoms with Crippen molar-refractivity contribution in [1.29, 1.82) is 0 Å². The molecule has 0 aromatic carbocycles. The summed E-state index contributed by atoms with van der Waals surface area (Å²) in [6.45, 7) is 1.75. The number of hydrogen-bond donors (Lipinski definition) is 0. The van der Waals surface area contributed by atoms with E-state index in [9.17, 15) is 9.90 Å². The molecule has 44 valence electrons. The molecule has 0 unspecified atom stereocenters. The first-order valence-electron chi connectivity index (χ1n) is 1.61. The van der Waals surface area contributed by atoms with Crippen LogP contribution in [0.15, 0.2) is 0 Å². The molecule has 7 heavy (non-hydrogen) atoms. The van der Waals surface area contributed by atoms with E-state index in [1.807, 2.05) is 0 Å². The second kappa shape index (κ2) is 5.56. The van der Waals surface area contributed by atoms with Crippen molar-refractivity contribution in [3.63, 3.8) is 0 Å². The highest BCUT2D eigenvalue weighted by atomic mass is 35.5. The second-order valence-electron chi connectivity index (χ2n) is 0.683. The van der Waals surface area contributed by atoms with Crippen molar-refractivity contribution in [3.8, 4) is 0 Å².